The molecule has 0 radical (unpaired) electrons. The van der Waals surface area contributed by atoms with Gasteiger partial charge in [0.1, 0.15) is 5.56 Å². The van der Waals surface area contributed by atoms with E-state index in [9.17, 15) is 9.59 Å². The lowest BCUT2D eigenvalue weighted by Gasteiger charge is -2.02. The third kappa shape index (κ3) is 2.07. The maximum absolute atomic E-state index is 10.8. The molecule has 74 valence electrons. The molecule has 0 aliphatic heterocycles. The maximum atomic E-state index is 10.8. The van der Waals surface area contributed by atoms with Crippen LogP contribution in [0.3, 0.4) is 0 Å². The van der Waals surface area contributed by atoms with E-state index in [2.05, 4.69) is 0 Å². The highest BCUT2D eigenvalue weighted by Gasteiger charge is 2.19. The van der Waals surface area contributed by atoms with Crippen molar-refractivity contribution in [3.05, 3.63) is 30.1 Å². The van der Waals surface area contributed by atoms with Crippen LogP contribution in [0, 0.1) is 0 Å². The van der Waals surface area contributed by atoms with Gasteiger partial charge in [0.2, 0.25) is 6.04 Å². The zero-order valence-electron chi connectivity index (χ0n) is 7.68. The molecule has 0 fully saturated rings. The number of hydrogen-bond donors (Lipinski definition) is 2. The molecule has 0 aromatic carbocycles. The van der Waals surface area contributed by atoms with Gasteiger partial charge in [-0.15, -0.1) is 0 Å². The van der Waals surface area contributed by atoms with E-state index in [1.165, 1.54) is 16.8 Å². The van der Waals surface area contributed by atoms with Gasteiger partial charge in [-0.3, -0.25) is 4.79 Å². The quantitative estimate of drug-likeness (QED) is 0.650. The van der Waals surface area contributed by atoms with Crippen molar-refractivity contribution in [1.82, 2.24) is 0 Å². The molecule has 5 nitrogen and oxygen atoms in total. The summed E-state index contributed by atoms with van der Waals surface area (Å²) in [5.41, 5.74) is 5.21. The molecule has 0 saturated carbocycles. The number of nitrogens with two attached hydrogens (primary N) is 1. The predicted molar refractivity (Wildman–Crippen MR) is 47.5 cm³/mol. The lowest BCUT2D eigenvalue weighted by atomic mass is 10.2. The zero-order valence-corrected chi connectivity index (χ0v) is 7.68. The van der Waals surface area contributed by atoms with Crippen molar-refractivity contribution in [2.45, 2.75) is 13.0 Å². The van der Waals surface area contributed by atoms with E-state index < -0.39 is 17.9 Å². The molecule has 14 heavy (non-hydrogen) atoms. The van der Waals surface area contributed by atoms with Crippen LogP contribution in [0.5, 0.6) is 0 Å². The lowest BCUT2D eigenvalue weighted by molar-refractivity contribution is -0.706. The van der Waals surface area contributed by atoms with E-state index in [4.69, 9.17) is 10.8 Å². The van der Waals surface area contributed by atoms with E-state index in [1.807, 2.05) is 0 Å². The van der Waals surface area contributed by atoms with E-state index >= 15 is 0 Å². The number of primary amides is 1. The van der Waals surface area contributed by atoms with Crippen LogP contribution in [-0.2, 0) is 4.79 Å². The Morgan fingerprint density at radius 3 is 2.71 bits per heavy atom. The molecule has 3 N–H and O–H groups in total. The van der Waals surface area contributed by atoms with Crippen LogP contribution in [0.15, 0.2) is 24.5 Å². The minimum Gasteiger partial charge on any atom is -0.477 e. The third-order valence-electron chi connectivity index (χ3n) is 1.93. The molecule has 0 aliphatic rings. The summed E-state index contributed by atoms with van der Waals surface area (Å²) in [6.07, 6.45) is 2.97. The molecule has 1 aromatic heterocycles. The second kappa shape index (κ2) is 3.87. The summed E-state index contributed by atoms with van der Waals surface area (Å²) in [5.74, 6) is -1.53. The molecule has 1 atom stereocenters. The lowest BCUT2D eigenvalue weighted by Crippen LogP contribution is -2.45. The highest BCUT2D eigenvalue weighted by Crippen LogP contribution is 1.97. The summed E-state index contributed by atoms with van der Waals surface area (Å²) in [6.45, 7) is 1.61. The first-order valence-corrected chi connectivity index (χ1v) is 4.06. The van der Waals surface area contributed by atoms with Crippen LogP contribution in [-0.4, -0.2) is 17.0 Å². The van der Waals surface area contributed by atoms with Crippen LogP contribution < -0.4 is 10.3 Å². The van der Waals surface area contributed by atoms with Gasteiger partial charge in [-0.05, 0) is 6.07 Å². The number of carbonyl (C=O) groups is 2. The number of aromatic nitrogens is 1. The summed E-state index contributed by atoms with van der Waals surface area (Å²) in [7, 11) is 0. The van der Waals surface area contributed by atoms with Crippen molar-refractivity contribution in [2.75, 3.05) is 0 Å². The van der Waals surface area contributed by atoms with Crippen LogP contribution in [0.1, 0.15) is 23.3 Å². The average Bonchev–Trinajstić information content (AvgIpc) is 2.16. The molecule has 0 bridgehead atoms. The number of carboxylic acids is 1. The third-order valence-corrected chi connectivity index (χ3v) is 1.93. The molecule has 0 aliphatic carbocycles. The first kappa shape index (κ1) is 10.2. The van der Waals surface area contributed by atoms with E-state index in [-0.39, 0.29) is 5.56 Å². The Morgan fingerprint density at radius 1 is 1.57 bits per heavy atom. The Morgan fingerprint density at radius 2 is 2.21 bits per heavy atom. The Bertz CT molecular complexity index is 376. The largest absolute Gasteiger partial charge is 0.477 e. The number of amides is 1. The van der Waals surface area contributed by atoms with Crippen molar-refractivity contribution in [3.63, 3.8) is 0 Å². The molecule has 1 unspecified atom stereocenters. The van der Waals surface area contributed by atoms with Crippen molar-refractivity contribution in [2.24, 2.45) is 5.73 Å². The molecule has 0 saturated heterocycles. The number of pyridine rings is 1. The molecule has 1 heterocycles. The monoisotopic (exact) mass is 195 g/mol. The Kier molecular flexibility index (Phi) is 2.81. The highest BCUT2D eigenvalue weighted by atomic mass is 16.4. The van der Waals surface area contributed by atoms with Crippen molar-refractivity contribution < 1.29 is 19.3 Å². The molecular weight excluding hydrogens is 184 g/mol. The fourth-order valence-electron chi connectivity index (χ4n) is 1.01. The van der Waals surface area contributed by atoms with Crippen molar-refractivity contribution >= 4 is 11.9 Å². The van der Waals surface area contributed by atoms with Crippen LogP contribution in [0.4, 0.5) is 0 Å². The average molecular weight is 195 g/mol. The second-order valence-electron chi connectivity index (χ2n) is 2.92. The standard InChI is InChI=1S/C9H10N2O3/c1-6(8(10)12)11-4-2-3-7(5-11)9(13)14/h2-6H,1H3,(H2-,10,12,13,14)/p+1. The normalized spacial score (nSPS) is 12.1. The maximum Gasteiger partial charge on any atom is 0.341 e. The predicted octanol–water partition coefficient (Wildman–Crippen LogP) is -0.281. The van der Waals surface area contributed by atoms with Gasteiger partial charge in [0.05, 0.1) is 0 Å². The van der Waals surface area contributed by atoms with Crippen LogP contribution >= 0.6 is 0 Å². The smallest absolute Gasteiger partial charge is 0.341 e. The molecular formula is C9H11N2O3+. The first-order chi connectivity index (χ1) is 6.52. The fraction of sp³-hybridized carbons (Fsp3) is 0.222. The van der Waals surface area contributed by atoms with Crippen molar-refractivity contribution in [1.29, 1.82) is 0 Å². The summed E-state index contributed by atoms with van der Waals surface area (Å²) in [6, 6.07) is 2.46. The van der Waals surface area contributed by atoms with Gasteiger partial charge in [0.25, 0.3) is 5.91 Å². The van der Waals surface area contributed by atoms with Gasteiger partial charge in [0.15, 0.2) is 12.4 Å². The van der Waals surface area contributed by atoms with Gasteiger partial charge in [0, 0.05) is 13.0 Å². The summed E-state index contributed by atoms with van der Waals surface area (Å²) < 4.78 is 1.46. The number of aromatic carboxylic acids is 1. The first-order valence-electron chi connectivity index (χ1n) is 4.06. The number of nitrogens with zero attached hydrogens (tertiary/aromatic N) is 1. The number of carboxylic acid groups (broad SMARTS) is 1. The van der Waals surface area contributed by atoms with E-state index in [1.54, 1.807) is 19.2 Å². The Balaban J connectivity index is 3.05. The van der Waals surface area contributed by atoms with Gasteiger partial charge in [-0.1, -0.05) is 0 Å². The van der Waals surface area contributed by atoms with Gasteiger partial charge in [-0.2, -0.15) is 4.57 Å². The van der Waals surface area contributed by atoms with E-state index in [0.29, 0.717) is 0 Å². The van der Waals surface area contributed by atoms with Gasteiger partial charge < -0.3 is 10.8 Å². The topological polar surface area (TPSA) is 84.3 Å². The van der Waals surface area contributed by atoms with E-state index in [0.717, 1.165) is 0 Å². The summed E-state index contributed by atoms with van der Waals surface area (Å²) in [4.78, 5) is 21.5. The van der Waals surface area contributed by atoms with Crippen LogP contribution in [0.2, 0.25) is 0 Å². The summed E-state index contributed by atoms with van der Waals surface area (Å²) >= 11 is 0. The highest BCUT2D eigenvalue weighted by molar-refractivity contribution is 5.86. The molecule has 1 aromatic rings. The van der Waals surface area contributed by atoms with Crippen LogP contribution in [0.25, 0.3) is 0 Å². The summed E-state index contributed by atoms with van der Waals surface area (Å²) in [5, 5.41) is 8.70. The molecule has 5 heteroatoms. The van der Waals surface area contributed by atoms with Crippen molar-refractivity contribution in [3.8, 4) is 0 Å². The SMILES string of the molecule is CC(C(N)=O)[n+]1cccc(C(=O)O)c1. The number of hydrogen-bond acceptors (Lipinski definition) is 2. The van der Waals surface area contributed by atoms with Gasteiger partial charge in [-0.25, -0.2) is 4.79 Å². The zero-order chi connectivity index (χ0) is 10.7. The molecule has 1 rings (SSSR count). The Labute approximate surface area is 80.8 Å². The minimum absolute atomic E-state index is 0.126. The minimum atomic E-state index is -1.03. The fourth-order valence-corrected chi connectivity index (χ4v) is 1.01. The Hall–Kier alpha value is -1.91. The molecule has 0 spiro atoms. The van der Waals surface area contributed by atoms with Gasteiger partial charge >= 0.3 is 5.97 Å². The molecule has 1 amide bonds. The second-order valence-corrected chi connectivity index (χ2v) is 2.92. The number of carbonyl (C=O) groups excluding carboxylic acids is 1. The number of rotatable bonds is 3.